The van der Waals surface area contributed by atoms with Crippen molar-refractivity contribution in [2.75, 3.05) is 5.43 Å². The molecule has 0 saturated carbocycles. The van der Waals surface area contributed by atoms with Crippen molar-refractivity contribution in [1.29, 1.82) is 0 Å². The maximum absolute atomic E-state index is 10.8. The first-order chi connectivity index (χ1) is 8.91. The molecule has 0 atom stereocenters. The smallest absolute Gasteiger partial charge is 0.272 e. The second-order valence-corrected chi connectivity index (χ2v) is 4.27. The van der Waals surface area contributed by atoms with Crippen molar-refractivity contribution in [3.63, 3.8) is 0 Å². The number of hydrogen-bond acceptors (Lipinski definition) is 6. The molecule has 19 heavy (non-hydrogen) atoms. The molecule has 1 aromatic carbocycles. The number of hydrazone groups is 1. The average Bonchev–Trinajstić information content (AvgIpc) is 2.34. The molecular formula is C11H14N4O4. The maximum atomic E-state index is 10.8. The zero-order chi connectivity index (χ0) is 14.4. The van der Waals surface area contributed by atoms with Gasteiger partial charge >= 0.3 is 5.69 Å². The van der Waals surface area contributed by atoms with Gasteiger partial charge in [-0.1, -0.05) is 13.8 Å². The van der Waals surface area contributed by atoms with Gasteiger partial charge in [0.05, 0.1) is 15.9 Å². The van der Waals surface area contributed by atoms with Gasteiger partial charge in [0.15, 0.2) is 0 Å². The minimum atomic E-state index is -0.687. The van der Waals surface area contributed by atoms with Crippen molar-refractivity contribution in [3.8, 4) is 0 Å². The second kappa shape index (κ2) is 6.43. The van der Waals surface area contributed by atoms with E-state index in [4.69, 9.17) is 0 Å². The molecule has 8 nitrogen and oxygen atoms in total. The van der Waals surface area contributed by atoms with Crippen LogP contribution in [-0.2, 0) is 0 Å². The standard InChI is InChI=1S/C11H14N4O4/c1-8(2)5-6-12-13-10-4-3-9(14(16)17)7-11(10)15(18)19/h3-4,6-8,13H,5H2,1-2H3. The first-order valence-electron chi connectivity index (χ1n) is 5.62. The summed E-state index contributed by atoms with van der Waals surface area (Å²) < 4.78 is 0. The third-order valence-electron chi connectivity index (χ3n) is 2.24. The molecule has 0 saturated heterocycles. The van der Waals surface area contributed by atoms with Crippen molar-refractivity contribution in [2.24, 2.45) is 11.0 Å². The second-order valence-electron chi connectivity index (χ2n) is 4.27. The van der Waals surface area contributed by atoms with Gasteiger partial charge in [0.1, 0.15) is 5.69 Å². The van der Waals surface area contributed by atoms with Crippen molar-refractivity contribution in [2.45, 2.75) is 20.3 Å². The van der Waals surface area contributed by atoms with Crippen LogP contribution in [0.5, 0.6) is 0 Å². The highest BCUT2D eigenvalue weighted by Crippen LogP contribution is 2.28. The third-order valence-corrected chi connectivity index (χ3v) is 2.24. The van der Waals surface area contributed by atoms with E-state index < -0.39 is 9.85 Å². The van der Waals surface area contributed by atoms with E-state index in [1.807, 2.05) is 13.8 Å². The minimum absolute atomic E-state index is 0.121. The maximum Gasteiger partial charge on any atom is 0.301 e. The van der Waals surface area contributed by atoms with E-state index in [0.717, 1.165) is 12.5 Å². The minimum Gasteiger partial charge on any atom is -0.272 e. The van der Waals surface area contributed by atoms with Crippen LogP contribution in [0.25, 0.3) is 0 Å². The molecule has 1 N–H and O–H groups in total. The predicted octanol–water partition coefficient (Wildman–Crippen LogP) is 2.95. The van der Waals surface area contributed by atoms with Crippen LogP contribution in [0.1, 0.15) is 20.3 Å². The third kappa shape index (κ3) is 4.34. The number of nitrogens with one attached hydrogen (secondary N) is 1. The highest BCUT2D eigenvalue weighted by molar-refractivity contribution is 5.67. The van der Waals surface area contributed by atoms with Gasteiger partial charge in [-0.05, 0) is 18.4 Å². The molecule has 0 bridgehead atoms. The van der Waals surface area contributed by atoms with E-state index in [9.17, 15) is 20.2 Å². The summed E-state index contributed by atoms with van der Waals surface area (Å²) in [6, 6.07) is 3.36. The van der Waals surface area contributed by atoms with Crippen LogP contribution in [0.2, 0.25) is 0 Å². The zero-order valence-electron chi connectivity index (χ0n) is 10.6. The Morgan fingerprint density at radius 2 is 2.00 bits per heavy atom. The lowest BCUT2D eigenvalue weighted by Gasteiger charge is -2.02. The van der Waals surface area contributed by atoms with Crippen molar-refractivity contribution in [3.05, 3.63) is 38.4 Å². The molecule has 0 heterocycles. The lowest BCUT2D eigenvalue weighted by atomic mass is 10.2. The van der Waals surface area contributed by atoms with Gasteiger partial charge in [0, 0.05) is 12.3 Å². The van der Waals surface area contributed by atoms with E-state index >= 15 is 0 Å². The molecule has 0 aliphatic heterocycles. The average molecular weight is 266 g/mol. The molecule has 0 unspecified atom stereocenters. The van der Waals surface area contributed by atoms with E-state index in [0.29, 0.717) is 5.92 Å². The molecule has 0 fully saturated rings. The molecule has 0 aromatic heterocycles. The molecule has 0 aliphatic carbocycles. The highest BCUT2D eigenvalue weighted by atomic mass is 16.6. The van der Waals surface area contributed by atoms with Crippen molar-refractivity contribution < 1.29 is 9.85 Å². The molecule has 0 radical (unpaired) electrons. The largest absolute Gasteiger partial charge is 0.301 e. The Bertz CT molecular complexity index is 513. The Balaban J connectivity index is 2.91. The number of benzene rings is 1. The lowest BCUT2D eigenvalue weighted by molar-refractivity contribution is -0.393. The van der Waals surface area contributed by atoms with Crippen LogP contribution in [0.4, 0.5) is 17.1 Å². The number of rotatable bonds is 6. The first kappa shape index (κ1) is 14.6. The van der Waals surface area contributed by atoms with Gasteiger partial charge in [0.25, 0.3) is 5.69 Å². The van der Waals surface area contributed by atoms with E-state index in [1.54, 1.807) is 6.21 Å². The summed E-state index contributed by atoms with van der Waals surface area (Å²) in [6.07, 6.45) is 2.34. The number of nitro groups is 2. The number of nitrogens with zero attached hydrogens (tertiary/aromatic N) is 3. The molecule has 0 aliphatic rings. The Morgan fingerprint density at radius 1 is 1.32 bits per heavy atom. The molecule has 1 aromatic rings. The van der Waals surface area contributed by atoms with E-state index in [1.165, 1.54) is 12.1 Å². The van der Waals surface area contributed by atoms with Crippen LogP contribution in [0.15, 0.2) is 23.3 Å². The lowest BCUT2D eigenvalue weighted by Crippen LogP contribution is -1.99. The predicted molar refractivity (Wildman–Crippen MR) is 71.3 cm³/mol. The van der Waals surface area contributed by atoms with Crippen molar-refractivity contribution >= 4 is 23.3 Å². The van der Waals surface area contributed by atoms with Gasteiger partial charge in [-0.2, -0.15) is 5.10 Å². The molecule has 0 amide bonds. The fourth-order valence-electron chi connectivity index (χ4n) is 1.26. The van der Waals surface area contributed by atoms with Gasteiger partial charge in [-0.3, -0.25) is 25.7 Å². The molecule has 8 heteroatoms. The molecule has 0 spiro atoms. The monoisotopic (exact) mass is 266 g/mol. The van der Waals surface area contributed by atoms with Gasteiger partial charge < -0.3 is 0 Å². The van der Waals surface area contributed by atoms with Crippen LogP contribution >= 0.6 is 0 Å². The fourth-order valence-corrected chi connectivity index (χ4v) is 1.26. The normalized spacial score (nSPS) is 10.9. The quantitative estimate of drug-likeness (QED) is 0.483. The summed E-state index contributed by atoms with van der Waals surface area (Å²) in [5.74, 6) is 0.428. The van der Waals surface area contributed by atoms with Crippen LogP contribution < -0.4 is 5.43 Å². The van der Waals surface area contributed by atoms with Crippen LogP contribution in [0.3, 0.4) is 0 Å². The number of anilines is 1. The fraction of sp³-hybridized carbons (Fsp3) is 0.364. The topological polar surface area (TPSA) is 111 Å². The molecule has 1 rings (SSSR count). The highest BCUT2D eigenvalue weighted by Gasteiger charge is 2.18. The number of non-ortho nitro benzene ring substituents is 1. The zero-order valence-corrected chi connectivity index (χ0v) is 10.6. The van der Waals surface area contributed by atoms with E-state index in [-0.39, 0.29) is 17.1 Å². The Kier molecular flexibility index (Phi) is 4.92. The number of hydrogen-bond donors (Lipinski definition) is 1. The van der Waals surface area contributed by atoms with Crippen LogP contribution in [0, 0.1) is 26.1 Å². The summed E-state index contributed by atoms with van der Waals surface area (Å²) in [7, 11) is 0. The van der Waals surface area contributed by atoms with Gasteiger partial charge in [0.2, 0.25) is 0 Å². The Labute approximate surface area is 109 Å². The summed E-state index contributed by atoms with van der Waals surface area (Å²) in [4.78, 5) is 20.0. The number of nitro benzene ring substituents is 2. The summed E-state index contributed by atoms with van der Waals surface area (Å²) in [5.41, 5.74) is 1.93. The first-order valence-corrected chi connectivity index (χ1v) is 5.62. The summed E-state index contributed by atoms with van der Waals surface area (Å²) in [5, 5.41) is 25.2. The summed E-state index contributed by atoms with van der Waals surface area (Å²) >= 11 is 0. The summed E-state index contributed by atoms with van der Waals surface area (Å²) in [6.45, 7) is 4.03. The van der Waals surface area contributed by atoms with E-state index in [2.05, 4.69) is 10.5 Å². The van der Waals surface area contributed by atoms with Gasteiger partial charge in [-0.15, -0.1) is 0 Å². The van der Waals surface area contributed by atoms with Crippen LogP contribution in [-0.4, -0.2) is 16.1 Å². The van der Waals surface area contributed by atoms with Crippen molar-refractivity contribution in [1.82, 2.24) is 0 Å². The molecule has 102 valence electrons. The molecular weight excluding hydrogens is 252 g/mol. The Morgan fingerprint density at radius 3 is 2.53 bits per heavy atom. The Hall–Kier alpha value is -2.51. The SMILES string of the molecule is CC(C)CC=NNc1ccc([N+](=O)[O-])cc1[N+](=O)[O-]. The van der Waals surface area contributed by atoms with Gasteiger partial charge in [-0.25, -0.2) is 0 Å².